The van der Waals surface area contributed by atoms with Crippen molar-refractivity contribution in [1.29, 1.82) is 0 Å². The van der Waals surface area contributed by atoms with Crippen molar-refractivity contribution in [3.8, 4) is 11.1 Å². The summed E-state index contributed by atoms with van der Waals surface area (Å²) in [4.78, 5) is 0. The molecule has 2 aromatic rings. The minimum Gasteiger partial charge on any atom is -0.376 e. The van der Waals surface area contributed by atoms with Crippen LogP contribution in [0.3, 0.4) is 0 Å². The molecule has 0 aromatic heterocycles. The summed E-state index contributed by atoms with van der Waals surface area (Å²) in [5, 5.41) is 0. The lowest BCUT2D eigenvalue weighted by Crippen LogP contribution is -2.28. The van der Waals surface area contributed by atoms with E-state index in [0.717, 1.165) is 19.3 Å². The predicted molar refractivity (Wildman–Crippen MR) is 104 cm³/mol. The Bertz CT molecular complexity index is 799. The molecular weight excluding hydrogens is 365 g/mol. The fourth-order valence-electron chi connectivity index (χ4n) is 3.61. The molecule has 0 saturated carbocycles. The molecule has 1 fully saturated rings. The summed E-state index contributed by atoms with van der Waals surface area (Å²) in [6.45, 7) is 5.05. The molecule has 0 amide bonds. The Morgan fingerprint density at radius 1 is 1.00 bits per heavy atom. The monoisotopic (exact) mass is 392 g/mol. The van der Waals surface area contributed by atoms with Crippen LogP contribution in [0.2, 0.25) is 0 Å². The number of rotatable bonds is 7. The Labute approximate surface area is 164 Å². The first-order valence-electron chi connectivity index (χ1n) is 10.0. The lowest BCUT2D eigenvalue weighted by molar-refractivity contribution is -0.0875. The second-order valence-corrected chi connectivity index (χ2v) is 7.28. The molecule has 5 heteroatoms. The van der Waals surface area contributed by atoms with E-state index in [-0.39, 0.29) is 17.2 Å². The third-order valence-corrected chi connectivity index (χ3v) is 5.13. The maximum Gasteiger partial charge on any atom is 0.167 e. The number of benzene rings is 2. The number of aryl methyl sites for hydroxylation is 1. The average molecular weight is 392 g/mol. The smallest absolute Gasteiger partial charge is 0.167 e. The van der Waals surface area contributed by atoms with Crippen molar-refractivity contribution >= 4 is 0 Å². The van der Waals surface area contributed by atoms with Gasteiger partial charge in [-0.2, -0.15) is 0 Å². The van der Waals surface area contributed by atoms with E-state index in [9.17, 15) is 13.2 Å². The van der Waals surface area contributed by atoms with E-state index in [1.807, 2.05) is 13.8 Å². The van der Waals surface area contributed by atoms with Crippen LogP contribution in [0.1, 0.15) is 56.8 Å². The van der Waals surface area contributed by atoms with Gasteiger partial charge in [-0.05, 0) is 42.9 Å². The highest BCUT2D eigenvalue weighted by molar-refractivity contribution is 5.65. The van der Waals surface area contributed by atoms with Gasteiger partial charge in [0, 0.05) is 17.7 Å². The van der Waals surface area contributed by atoms with Crippen molar-refractivity contribution in [3.63, 3.8) is 0 Å². The third kappa shape index (κ3) is 4.58. The molecule has 1 aliphatic rings. The lowest BCUT2D eigenvalue weighted by Gasteiger charge is -2.29. The van der Waals surface area contributed by atoms with Crippen LogP contribution in [0.5, 0.6) is 0 Å². The van der Waals surface area contributed by atoms with Gasteiger partial charge in [-0.25, -0.2) is 13.2 Å². The molecule has 1 heterocycles. The average Bonchev–Trinajstić information content (AvgIpc) is 2.71. The highest BCUT2D eigenvalue weighted by Crippen LogP contribution is 2.35. The quantitative estimate of drug-likeness (QED) is 0.545. The van der Waals surface area contributed by atoms with Crippen LogP contribution in [0.25, 0.3) is 11.1 Å². The second kappa shape index (κ2) is 9.57. The molecule has 28 heavy (non-hydrogen) atoms. The molecular formula is C23H27F3O2. The van der Waals surface area contributed by atoms with Crippen LogP contribution in [0.4, 0.5) is 13.2 Å². The van der Waals surface area contributed by atoms with E-state index in [2.05, 4.69) is 0 Å². The Kier molecular flexibility index (Phi) is 7.13. The molecule has 0 radical (unpaired) electrons. The topological polar surface area (TPSA) is 18.5 Å². The molecule has 152 valence electrons. The van der Waals surface area contributed by atoms with Crippen molar-refractivity contribution in [1.82, 2.24) is 0 Å². The molecule has 0 bridgehead atoms. The third-order valence-electron chi connectivity index (χ3n) is 5.13. The molecule has 0 N–H and O–H groups in total. The van der Waals surface area contributed by atoms with Crippen molar-refractivity contribution in [3.05, 3.63) is 58.9 Å². The van der Waals surface area contributed by atoms with Gasteiger partial charge < -0.3 is 9.47 Å². The van der Waals surface area contributed by atoms with Gasteiger partial charge in [0.2, 0.25) is 0 Å². The van der Waals surface area contributed by atoms with Crippen molar-refractivity contribution < 1.29 is 22.6 Å². The maximum atomic E-state index is 14.8. The normalized spacial score (nSPS) is 19.8. The van der Waals surface area contributed by atoms with Gasteiger partial charge in [0.25, 0.3) is 0 Å². The molecule has 2 unspecified atom stereocenters. The highest BCUT2D eigenvalue weighted by Gasteiger charge is 2.27. The fraction of sp³-hybridized carbons (Fsp3) is 0.478. The lowest BCUT2D eigenvalue weighted by atomic mass is 9.95. The van der Waals surface area contributed by atoms with E-state index < -0.39 is 23.6 Å². The molecule has 0 spiro atoms. The molecule has 3 rings (SSSR count). The van der Waals surface area contributed by atoms with Crippen LogP contribution in [0.15, 0.2) is 30.3 Å². The van der Waals surface area contributed by atoms with Gasteiger partial charge in [0.1, 0.15) is 5.82 Å². The summed E-state index contributed by atoms with van der Waals surface area (Å²) < 4.78 is 55.1. The summed E-state index contributed by atoms with van der Waals surface area (Å²) in [6, 6.07) is 7.60. The van der Waals surface area contributed by atoms with Crippen LogP contribution in [-0.2, 0) is 15.9 Å². The van der Waals surface area contributed by atoms with Crippen LogP contribution < -0.4 is 0 Å². The summed E-state index contributed by atoms with van der Waals surface area (Å²) in [5.41, 5.74) is 1.18. The first-order valence-corrected chi connectivity index (χ1v) is 10.0. The van der Waals surface area contributed by atoms with E-state index in [1.165, 1.54) is 12.1 Å². The highest BCUT2D eigenvalue weighted by atomic mass is 19.2. The Balaban J connectivity index is 1.78. The largest absolute Gasteiger partial charge is 0.376 e. The van der Waals surface area contributed by atoms with E-state index in [4.69, 9.17) is 9.47 Å². The zero-order valence-electron chi connectivity index (χ0n) is 16.4. The van der Waals surface area contributed by atoms with Gasteiger partial charge in [-0.3, -0.25) is 0 Å². The molecule has 2 atom stereocenters. The van der Waals surface area contributed by atoms with Crippen molar-refractivity contribution in [2.75, 3.05) is 13.2 Å². The summed E-state index contributed by atoms with van der Waals surface area (Å²) in [5.74, 6) is -2.28. The Morgan fingerprint density at radius 3 is 2.46 bits per heavy atom. The molecule has 2 nitrogen and oxygen atoms in total. The van der Waals surface area contributed by atoms with Gasteiger partial charge in [0.15, 0.2) is 11.6 Å². The molecule has 0 aliphatic carbocycles. The van der Waals surface area contributed by atoms with E-state index >= 15 is 0 Å². The first kappa shape index (κ1) is 20.9. The first-order chi connectivity index (χ1) is 13.5. The summed E-state index contributed by atoms with van der Waals surface area (Å²) in [7, 11) is 0. The van der Waals surface area contributed by atoms with Crippen molar-refractivity contribution in [2.45, 2.75) is 58.2 Å². The fourth-order valence-corrected chi connectivity index (χ4v) is 3.61. The van der Waals surface area contributed by atoms with Gasteiger partial charge in [0.05, 0.1) is 18.8 Å². The van der Waals surface area contributed by atoms with Crippen LogP contribution in [0, 0.1) is 17.5 Å². The SMILES string of the molecule is CCCOC1CCC(c2ccc(-c3ccc(CCC)c(F)c3)c(F)c2F)OC1. The maximum absolute atomic E-state index is 14.8. The van der Waals surface area contributed by atoms with Crippen molar-refractivity contribution in [2.24, 2.45) is 0 Å². The summed E-state index contributed by atoms with van der Waals surface area (Å²) in [6.07, 6.45) is 3.20. The summed E-state index contributed by atoms with van der Waals surface area (Å²) >= 11 is 0. The van der Waals surface area contributed by atoms with E-state index in [1.54, 1.807) is 18.2 Å². The van der Waals surface area contributed by atoms with Gasteiger partial charge in [-0.1, -0.05) is 44.5 Å². The molecule has 1 aliphatic heterocycles. The van der Waals surface area contributed by atoms with Crippen LogP contribution in [-0.4, -0.2) is 19.3 Å². The predicted octanol–water partition coefficient (Wildman–Crippen LogP) is 6.37. The second-order valence-electron chi connectivity index (χ2n) is 7.28. The Hall–Kier alpha value is -1.85. The standard InChI is InChI=1S/C23H27F3O2/c1-3-5-15-6-7-16(13-20(15)24)18-9-10-19(23(26)22(18)25)21-11-8-17(14-28-21)27-12-4-2/h6-7,9-10,13,17,21H,3-5,8,11-12,14H2,1-2H3. The van der Waals surface area contributed by atoms with Crippen LogP contribution >= 0.6 is 0 Å². The zero-order chi connectivity index (χ0) is 20.1. The van der Waals surface area contributed by atoms with Gasteiger partial charge in [-0.15, -0.1) is 0 Å². The minimum absolute atomic E-state index is 0.00740. The molecule has 2 aromatic carbocycles. The number of hydrogen-bond donors (Lipinski definition) is 0. The minimum atomic E-state index is -0.965. The number of hydrogen-bond acceptors (Lipinski definition) is 2. The van der Waals surface area contributed by atoms with Gasteiger partial charge >= 0.3 is 0 Å². The number of ether oxygens (including phenoxy) is 2. The Morgan fingerprint density at radius 2 is 1.82 bits per heavy atom. The zero-order valence-corrected chi connectivity index (χ0v) is 16.4. The van der Waals surface area contributed by atoms with E-state index in [0.29, 0.717) is 37.2 Å². The number of halogens is 3. The molecule has 1 saturated heterocycles.